The molecule has 1 unspecified atom stereocenters. The lowest BCUT2D eigenvalue weighted by Gasteiger charge is -2.26. The second-order valence-electron chi connectivity index (χ2n) is 8.06. The van der Waals surface area contributed by atoms with Gasteiger partial charge in [-0.25, -0.2) is 0 Å². The number of carbonyl (C=O) groups excluding carboxylic acids is 1. The van der Waals surface area contributed by atoms with Gasteiger partial charge < -0.3 is 14.2 Å². The van der Waals surface area contributed by atoms with E-state index in [1.807, 2.05) is 35.2 Å². The Bertz CT molecular complexity index is 1290. The van der Waals surface area contributed by atoms with E-state index in [9.17, 15) is 4.79 Å². The van der Waals surface area contributed by atoms with E-state index in [4.69, 9.17) is 4.74 Å². The highest BCUT2D eigenvalue weighted by molar-refractivity contribution is 6.02. The third-order valence-corrected chi connectivity index (χ3v) is 6.29. The second-order valence-corrected chi connectivity index (χ2v) is 8.06. The Labute approximate surface area is 182 Å². The van der Waals surface area contributed by atoms with Crippen molar-refractivity contribution in [2.24, 2.45) is 7.05 Å². The van der Waals surface area contributed by atoms with Gasteiger partial charge in [0.15, 0.2) is 0 Å². The molecule has 2 heterocycles. The minimum absolute atomic E-state index is 0.115. The molecule has 156 valence electrons. The number of ether oxygens (including phenoxy) is 1. The van der Waals surface area contributed by atoms with Gasteiger partial charge in [0.2, 0.25) is 0 Å². The van der Waals surface area contributed by atoms with Gasteiger partial charge in [-0.2, -0.15) is 0 Å². The first-order valence-electron chi connectivity index (χ1n) is 10.8. The summed E-state index contributed by atoms with van der Waals surface area (Å²) in [5.41, 5.74) is 6.44. The molecule has 1 aliphatic heterocycles. The Morgan fingerprint density at radius 2 is 1.74 bits per heavy atom. The number of rotatable bonds is 5. The summed E-state index contributed by atoms with van der Waals surface area (Å²) in [6.45, 7) is 2.85. The van der Waals surface area contributed by atoms with Gasteiger partial charge in [-0.3, -0.25) is 4.79 Å². The summed E-state index contributed by atoms with van der Waals surface area (Å²) >= 11 is 0. The predicted molar refractivity (Wildman–Crippen MR) is 125 cm³/mol. The van der Waals surface area contributed by atoms with E-state index in [0.717, 1.165) is 46.6 Å². The van der Waals surface area contributed by atoms with E-state index >= 15 is 0 Å². The summed E-state index contributed by atoms with van der Waals surface area (Å²) in [6.07, 6.45) is 0.912. The van der Waals surface area contributed by atoms with E-state index in [1.165, 1.54) is 10.9 Å². The van der Waals surface area contributed by atoms with Crippen molar-refractivity contribution in [1.82, 2.24) is 9.47 Å². The minimum atomic E-state index is -0.115. The van der Waals surface area contributed by atoms with Crippen LogP contribution in [0.25, 0.3) is 22.2 Å². The number of carbonyl (C=O) groups is 1. The first kappa shape index (κ1) is 19.4. The maximum atomic E-state index is 13.4. The molecule has 0 radical (unpaired) electrons. The van der Waals surface area contributed by atoms with Crippen LogP contribution in [-0.2, 0) is 7.05 Å². The molecule has 0 fully saturated rings. The van der Waals surface area contributed by atoms with Gasteiger partial charge in [-0.05, 0) is 36.2 Å². The molecule has 0 saturated carbocycles. The Balaban J connectivity index is 1.85. The SMILES string of the molecule is CCCN1C(=O)c2ccccc2C1c1c(-c2cccc(OC)c2)n(C)c2ccccc12. The van der Waals surface area contributed by atoms with Gasteiger partial charge in [-0.1, -0.05) is 55.5 Å². The molecule has 0 spiro atoms. The van der Waals surface area contributed by atoms with Gasteiger partial charge in [0, 0.05) is 41.2 Å². The minimum Gasteiger partial charge on any atom is -0.497 e. The first-order valence-corrected chi connectivity index (χ1v) is 10.8. The number of amides is 1. The molecular weight excluding hydrogens is 384 g/mol. The van der Waals surface area contributed by atoms with Crippen LogP contribution in [-0.4, -0.2) is 29.0 Å². The standard InChI is InChI=1S/C27H26N2O2/c1-4-16-29-26(20-12-5-6-13-21(20)27(29)30)24-22-14-7-8-15-23(22)28(2)25(24)18-10-9-11-19(17-18)31-3/h5-15,17,26H,4,16H2,1-3H3. The molecule has 3 aromatic carbocycles. The Kier molecular flexibility index (Phi) is 4.78. The van der Waals surface area contributed by atoms with E-state index in [-0.39, 0.29) is 11.9 Å². The molecule has 0 N–H and O–H groups in total. The van der Waals surface area contributed by atoms with Gasteiger partial charge in [0.25, 0.3) is 5.91 Å². The fourth-order valence-electron chi connectivity index (χ4n) is 4.97. The molecule has 0 saturated heterocycles. The zero-order chi connectivity index (χ0) is 21.5. The van der Waals surface area contributed by atoms with E-state index in [0.29, 0.717) is 0 Å². The van der Waals surface area contributed by atoms with Crippen molar-refractivity contribution >= 4 is 16.8 Å². The highest BCUT2D eigenvalue weighted by Crippen LogP contribution is 2.46. The third-order valence-electron chi connectivity index (χ3n) is 6.29. The number of methoxy groups -OCH3 is 1. The van der Waals surface area contributed by atoms with E-state index in [1.54, 1.807) is 7.11 Å². The van der Waals surface area contributed by atoms with E-state index in [2.05, 4.69) is 61.0 Å². The summed E-state index contributed by atoms with van der Waals surface area (Å²) in [6, 6.07) is 24.6. The number of aryl methyl sites for hydroxylation is 1. The van der Waals surface area contributed by atoms with Crippen molar-refractivity contribution < 1.29 is 9.53 Å². The van der Waals surface area contributed by atoms with Crippen LogP contribution < -0.4 is 4.74 Å². The van der Waals surface area contributed by atoms with Crippen molar-refractivity contribution in [3.8, 4) is 17.0 Å². The molecule has 5 rings (SSSR count). The van der Waals surface area contributed by atoms with Crippen LogP contribution in [0.5, 0.6) is 5.75 Å². The zero-order valence-corrected chi connectivity index (χ0v) is 18.1. The lowest BCUT2D eigenvalue weighted by atomic mass is 9.93. The largest absolute Gasteiger partial charge is 0.497 e. The quantitative estimate of drug-likeness (QED) is 0.416. The molecular formula is C27H26N2O2. The van der Waals surface area contributed by atoms with Crippen LogP contribution in [0.15, 0.2) is 72.8 Å². The van der Waals surface area contributed by atoms with Crippen LogP contribution in [0, 0.1) is 0 Å². The molecule has 31 heavy (non-hydrogen) atoms. The topological polar surface area (TPSA) is 34.5 Å². The highest BCUT2D eigenvalue weighted by Gasteiger charge is 2.40. The molecule has 1 atom stereocenters. The van der Waals surface area contributed by atoms with Crippen LogP contribution in [0.3, 0.4) is 0 Å². The Morgan fingerprint density at radius 3 is 2.55 bits per heavy atom. The van der Waals surface area contributed by atoms with Gasteiger partial charge >= 0.3 is 0 Å². The predicted octanol–water partition coefficient (Wildman–Crippen LogP) is 5.81. The normalized spacial score (nSPS) is 15.5. The van der Waals surface area contributed by atoms with Crippen LogP contribution in [0.1, 0.15) is 40.9 Å². The van der Waals surface area contributed by atoms with Crippen LogP contribution in [0.4, 0.5) is 0 Å². The highest BCUT2D eigenvalue weighted by atomic mass is 16.5. The van der Waals surface area contributed by atoms with Gasteiger partial charge in [0.05, 0.1) is 18.8 Å². The summed E-state index contributed by atoms with van der Waals surface area (Å²) < 4.78 is 7.76. The third kappa shape index (κ3) is 2.94. The number of nitrogens with zero attached hydrogens (tertiary/aromatic N) is 2. The molecule has 4 nitrogen and oxygen atoms in total. The number of hydrogen-bond donors (Lipinski definition) is 0. The molecule has 1 aromatic heterocycles. The van der Waals surface area contributed by atoms with Crippen LogP contribution >= 0.6 is 0 Å². The van der Waals surface area contributed by atoms with E-state index < -0.39 is 0 Å². The maximum absolute atomic E-state index is 13.4. The molecule has 4 aromatic rings. The molecule has 0 aliphatic carbocycles. The second kappa shape index (κ2) is 7.62. The number of fused-ring (bicyclic) bond motifs is 2. The summed E-state index contributed by atoms with van der Waals surface area (Å²) in [5.74, 6) is 0.939. The fraction of sp³-hybridized carbons (Fsp3) is 0.222. The first-order chi connectivity index (χ1) is 15.2. The fourth-order valence-corrected chi connectivity index (χ4v) is 4.97. The van der Waals surface area contributed by atoms with Crippen molar-refractivity contribution in [3.63, 3.8) is 0 Å². The average molecular weight is 411 g/mol. The van der Waals surface area contributed by atoms with Gasteiger partial charge in [0.1, 0.15) is 5.75 Å². The average Bonchev–Trinajstić information content (AvgIpc) is 3.25. The van der Waals surface area contributed by atoms with Crippen molar-refractivity contribution in [3.05, 3.63) is 89.5 Å². The summed E-state index contributed by atoms with van der Waals surface area (Å²) in [4.78, 5) is 15.4. The molecule has 4 heteroatoms. The van der Waals surface area contributed by atoms with Gasteiger partial charge in [-0.15, -0.1) is 0 Å². The maximum Gasteiger partial charge on any atom is 0.255 e. The zero-order valence-electron chi connectivity index (χ0n) is 18.1. The van der Waals surface area contributed by atoms with Crippen LogP contribution in [0.2, 0.25) is 0 Å². The smallest absolute Gasteiger partial charge is 0.255 e. The lowest BCUT2D eigenvalue weighted by molar-refractivity contribution is 0.0751. The number of benzene rings is 3. The van der Waals surface area contributed by atoms with Crippen molar-refractivity contribution in [2.45, 2.75) is 19.4 Å². The summed E-state index contributed by atoms with van der Waals surface area (Å²) in [7, 11) is 3.80. The Morgan fingerprint density at radius 1 is 0.968 bits per heavy atom. The Hall–Kier alpha value is -3.53. The lowest BCUT2D eigenvalue weighted by Crippen LogP contribution is -2.29. The molecule has 1 aliphatic rings. The molecule has 0 bridgehead atoms. The van der Waals surface area contributed by atoms with Crippen molar-refractivity contribution in [1.29, 1.82) is 0 Å². The molecule has 1 amide bonds. The van der Waals surface area contributed by atoms with Crippen molar-refractivity contribution in [2.75, 3.05) is 13.7 Å². The number of hydrogen-bond acceptors (Lipinski definition) is 2. The monoisotopic (exact) mass is 410 g/mol. The number of para-hydroxylation sites is 1. The summed E-state index contributed by atoms with van der Waals surface area (Å²) in [5, 5.41) is 1.18. The number of aromatic nitrogens is 1.